The summed E-state index contributed by atoms with van der Waals surface area (Å²) < 4.78 is 16.8. The number of aliphatic imine (C=N–C) groups is 1. The lowest BCUT2D eigenvalue weighted by Crippen LogP contribution is -2.44. The minimum atomic E-state index is -1.44. The van der Waals surface area contributed by atoms with Crippen molar-refractivity contribution < 1.29 is 8.95 Å². The summed E-state index contributed by atoms with van der Waals surface area (Å²) in [4.78, 5) is 9.30. The van der Waals surface area contributed by atoms with E-state index in [2.05, 4.69) is 74.3 Å². The fraction of sp³-hybridized carbons (Fsp3) is 0.457. The molecule has 1 aliphatic rings. The number of rotatable bonds is 5. The Labute approximate surface area is 259 Å². The van der Waals surface area contributed by atoms with Crippen LogP contribution in [-0.2, 0) is 11.0 Å². The molecule has 2 aromatic rings. The van der Waals surface area contributed by atoms with E-state index in [1.54, 1.807) is 6.07 Å². The van der Waals surface area contributed by atoms with Crippen molar-refractivity contribution in [1.82, 2.24) is 4.90 Å². The molecule has 2 N–H and O–H groups in total. The second-order valence-corrected chi connectivity index (χ2v) is 11.6. The van der Waals surface area contributed by atoms with Crippen molar-refractivity contribution in [1.29, 1.82) is 0 Å². The number of nitrogens with two attached hydrogens (primary N) is 1. The number of aryl methyl sites for hydroxylation is 3. The summed E-state index contributed by atoms with van der Waals surface area (Å²) in [7, 11) is 2.54. The number of hydrogen-bond donors (Lipinski definition) is 1. The zero-order valence-corrected chi connectivity index (χ0v) is 28.7. The minimum absolute atomic E-state index is 0.634. The van der Waals surface area contributed by atoms with E-state index >= 15 is 0 Å². The van der Waals surface area contributed by atoms with Gasteiger partial charge in [-0.15, -0.1) is 0 Å². The van der Waals surface area contributed by atoms with Gasteiger partial charge in [-0.1, -0.05) is 75.2 Å². The number of anilines is 1. The molecule has 0 aromatic heterocycles. The Morgan fingerprint density at radius 2 is 1.43 bits per heavy atom. The summed E-state index contributed by atoms with van der Waals surface area (Å²) in [6, 6.07) is 19.9. The van der Waals surface area contributed by atoms with Crippen LogP contribution in [0, 0.1) is 20.8 Å². The molecule has 234 valence electrons. The topological polar surface area (TPSA) is 71.2 Å². The van der Waals surface area contributed by atoms with E-state index in [0.717, 1.165) is 55.2 Å². The first-order valence-electron chi connectivity index (χ1n) is 14.7. The van der Waals surface area contributed by atoms with E-state index in [0.29, 0.717) is 4.90 Å². The van der Waals surface area contributed by atoms with Crippen molar-refractivity contribution in [3.63, 3.8) is 0 Å². The van der Waals surface area contributed by atoms with Crippen LogP contribution in [0.3, 0.4) is 0 Å². The fourth-order valence-electron chi connectivity index (χ4n) is 3.55. The van der Waals surface area contributed by atoms with Gasteiger partial charge in [-0.2, -0.15) is 0 Å². The molecule has 7 heteroatoms. The maximum atomic E-state index is 11.3. The summed E-state index contributed by atoms with van der Waals surface area (Å²) in [5.74, 6) is 1.59. The van der Waals surface area contributed by atoms with Gasteiger partial charge in [0.1, 0.15) is 16.7 Å². The summed E-state index contributed by atoms with van der Waals surface area (Å²) in [6.45, 7) is 24.4. The first-order valence-corrected chi connectivity index (χ1v) is 16.0. The lowest BCUT2D eigenvalue weighted by molar-refractivity contribution is 0.312. The number of benzene rings is 1. The molecule has 2 aromatic carbocycles. The molecule has 3 rings (SSSR count). The summed E-state index contributed by atoms with van der Waals surface area (Å²) in [6.07, 6.45) is 2.33. The Bertz CT molecular complexity index is 1190. The number of likely N-dealkylation sites (N-methyl/N-ethyl adjacent to an activating group) is 1. The lowest BCUT2D eigenvalue weighted by atomic mass is 10.2. The molecule has 0 bridgehead atoms. The van der Waals surface area contributed by atoms with Crippen LogP contribution in [0.25, 0.3) is 0 Å². The van der Waals surface area contributed by atoms with E-state index in [1.165, 1.54) is 23.4 Å². The van der Waals surface area contributed by atoms with Crippen LogP contribution in [0.4, 0.5) is 5.69 Å². The highest BCUT2D eigenvalue weighted by Crippen LogP contribution is 2.23. The van der Waals surface area contributed by atoms with Crippen LogP contribution in [0.5, 0.6) is 5.75 Å². The van der Waals surface area contributed by atoms with Crippen LogP contribution in [-0.4, -0.2) is 55.1 Å². The predicted molar refractivity (Wildman–Crippen MR) is 186 cm³/mol. The average Bonchev–Trinajstić information content (AvgIpc) is 2.94. The van der Waals surface area contributed by atoms with E-state index < -0.39 is 11.0 Å². The zero-order valence-electron chi connectivity index (χ0n) is 27.9. The molecule has 0 radical (unpaired) electrons. The maximum Gasteiger partial charge on any atom is 0.128 e. The van der Waals surface area contributed by atoms with Gasteiger partial charge in [0.05, 0.1) is 10.7 Å². The molecule has 6 nitrogen and oxygen atoms in total. The molecule has 1 saturated heterocycles. The van der Waals surface area contributed by atoms with E-state index in [9.17, 15) is 4.21 Å². The molecule has 1 unspecified atom stereocenters. The molecule has 1 atom stereocenters. The molecule has 0 spiro atoms. The maximum absolute atomic E-state index is 11.3. The Kier molecular flexibility index (Phi) is 21.0. The van der Waals surface area contributed by atoms with Crippen LogP contribution >= 0.6 is 0 Å². The third-order valence-corrected chi connectivity index (χ3v) is 6.77. The quantitative estimate of drug-likeness (QED) is 0.281. The SMILES string of the molecule is C=C(C)Oc1cccc(N2CCN(C)CC2)c1.CCC.CCC(C)=NC.Cc1ccc(C)cc(S(N)=O)ccc(C)c1. The van der Waals surface area contributed by atoms with Gasteiger partial charge in [-0.3, -0.25) is 4.99 Å². The van der Waals surface area contributed by atoms with Crippen molar-refractivity contribution in [2.45, 2.75) is 73.1 Å². The van der Waals surface area contributed by atoms with Gasteiger partial charge in [0.2, 0.25) is 0 Å². The Morgan fingerprint density at radius 1 is 0.905 bits per heavy atom. The number of nitrogens with zero attached hydrogens (tertiary/aromatic N) is 3. The number of piperazine rings is 1. The van der Waals surface area contributed by atoms with Crippen molar-refractivity contribution in [3.8, 4) is 5.75 Å². The summed E-state index contributed by atoms with van der Waals surface area (Å²) in [5.41, 5.74) is 5.78. The van der Waals surface area contributed by atoms with Crippen molar-refractivity contribution in [2.24, 2.45) is 10.1 Å². The van der Waals surface area contributed by atoms with Crippen LogP contribution in [0.15, 0.2) is 82.9 Å². The summed E-state index contributed by atoms with van der Waals surface area (Å²) in [5, 5.41) is 5.40. The van der Waals surface area contributed by atoms with Crippen molar-refractivity contribution >= 4 is 22.4 Å². The molecule has 42 heavy (non-hydrogen) atoms. The van der Waals surface area contributed by atoms with Gasteiger partial charge in [0.25, 0.3) is 0 Å². The highest BCUT2D eigenvalue weighted by atomic mass is 32.2. The molecule has 0 aliphatic carbocycles. The second kappa shape index (κ2) is 22.6. The average molecular weight is 597 g/mol. The van der Waals surface area contributed by atoms with Gasteiger partial charge in [-0.25, -0.2) is 9.35 Å². The molecule has 0 amide bonds. The van der Waals surface area contributed by atoms with Gasteiger partial charge >= 0.3 is 0 Å². The monoisotopic (exact) mass is 596 g/mol. The van der Waals surface area contributed by atoms with Crippen molar-refractivity contribution in [3.05, 3.63) is 89.7 Å². The van der Waals surface area contributed by atoms with Gasteiger partial charge in [-0.05, 0) is 77.9 Å². The predicted octanol–water partition coefficient (Wildman–Crippen LogP) is 7.97. The molecular weight excluding hydrogens is 540 g/mol. The largest absolute Gasteiger partial charge is 0.463 e. The van der Waals surface area contributed by atoms with Crippen LogP contribution < -0.4 is 14.8 Å². The van der Waals surface area contributed by atoms with Crippen LogP contribution in [0.1, 0.15) is 64.2 Å². The normalized spacial score (nSPS) is 13.5. The zero-order chi connectivity index (χ0) is 32.1. The lowest BCUT2D eigenvalue weighted by Gasteiger charge is -2.34. The highest BCUT2D eigenvalue weighted by Gasteiger charge is 2.14. The van der Waals surface area contributed by atoms with Gasteiger partial charge in [0.15, 0.2) is 0 Å². The number of ether oxygens (including phenoxy) is 1. The molecular formula is C35H56N4O2S. The molecule has 0 saturated carbocycles. The molecule has 1 heterocycles. The number of hydrogen-bond acceptors (Lipinski definition) is 5. The first-order chi connectivity index (χ1) is 19.9. The highest BCUT2D eigenvalue weighted by molar-refractivity contribution is 7.82. The Hall–Kier alpha value is -3.00. The summed E-state index contributed by atoms with van der Waals surface area (Å²) >= 11 is 0. The van der Waals surface area contributed by atoms with E-state index in [1.807, 2.05) is 71.1 Å². The minimum Gasteiger partial charge on any atom is -0.463 e. The van der Waals surface area contributed by atoms with Crippen molar-refractivity contribution in [2.75, 3.05) is 45.2 Å². The van der Waals surface area contributed by atoms with Gasteiger partial charge in [0, 0.05) is 50.7 Å². The molecule has 1 aliphatic heterocycles. The Morgan fingerprint density at radius 3 is 1.88 bits per heavy atom. The smallest absolute Gasteiger partial charge is 0.128 e. The fourth-order valence-corrected chi connectivity index (χ4v) is 4.05. The van der Waals surface area contributed by atoms with Gasteiger partial charge < -0.3 is 14.5 Å². The standard InChI is InChI=1S/C14H20N2O.C13H17NOS.C5H11N.C3H8/c1-12(2)17-14-6-4-5-13(11-14)16-9-7-15(3)8-10-16;1-10-4-5-12(3)9-13(16(14)15)7-6-11(2)8-10;1-4-5(2)6-3;1-3-2/h4-6,11H,1,7-10H2,2-3H3;4-9H,14H2,1-3H3;4H2,1-3H3;3H2,1-2H3. The van der Waals surface area contributed by atoms with E-state index in [4.69, 9.17) is 9.88 Å². The third-order valence-electron chi connectivity index (χ3n) is 6.05. The molecule has 1 fully saturated rings. The third kappa shape index (κ3) is 18.4. The Balaban J connectivity index is 0.000000625. The van der Waals surface area contributed by atoms with Crippen LogP contribution in [0.2, 0.25) is 0 Å². The second-order valence-electron chi connectivity index (χ2n) is 10.5. The first kappa shape index (κ1) is 39.0. The van der Waals surface area contributed by atoms with E-state index in [-0.39, 0.29) is 0 Å². The number of allylic oxidation sites excluding steroid dienone is 1.